The molecule has 0 atom stereocenters. The minimum Gasteiger partial charge on any atom is -0.456 e. The van der Waals surface area contributed by atoms with Gasteiger partial charge in [0.1, 0.15) is 17.0 Å². The molecule has 0 bridgehead atoms. The van der Waals surface area contributed by atoms with Crippen LogP contribution in [0.15, 0.2) is 150 Å². The Morgan fingerprint density at radius 1 is 0.512 bits per heavy atom. The Kier molecular flexibility index (Phi) is 5.37. The first-order valence-corrected chi connectivity index (χ1v) is 15.2. The third kappa shape index (κ3) is 3.92. The summed E-state index contributed by atoms with van der Waals surface area (Å²) in [7, 11) is 0. The fourth-order valence-electron chi connectivity index (χ4n) is 6.24. The number of hydrogen-bond acceptors (Lipinski definition) is 4. The van der Waals surface area contributed by atoms with Gasteiger partial charge in [-0.1, -0.05) is 84.9 Å². The Hall–Kier alpha value is -5.45. The molecule has 4 heteroatoms. The summed E-state index contributed by atoms with van der Waals surface area (Å²) in [6.45, 7) is 0. The van der Waals surface area contributed by atoms with Gasteiger partial charge in [0.05, 0.1) is 0 Å². The molecule has 0 N–H and O–H groups in total. The minimum atomic E-state index is 0.878. The Bertz CT molecular complexity index is 2460. The van der Waals surface area contributed by atoms with E-state index in [1.54, 1.807) is 0 Å². The topological polar surface area (TPSA) is 29.3 Å². The molecule has 202 valence electrons. The number of anilines is 3. The highest BCUT2D eigenvalue weighted by Crippen LogP contribution is 2.45. The van der Waals surface area contributed by atoms with Crippen LogP contribution in [-0.4, -0.2) is 4.98 Å². The van der Waals surface area contributed by atoms with Crippen LogP contribution in [0.1, 0.15) is 0 Å². The summed E-state index contributed by atoms with van der Waals surface area (Å²) in [5, 5.41) is 7.07. The average Bonchev–Trinajstić information content (AvgIpc) is 3.62. The first-order valence-electron chi connectivity index (χ1n) is 14.4. The van der Waals surface area contributed by atoms with Gasteiger partial charge in [-0.25, -0.2) is 4.98 Å². The van der Waals surface area contributed by atoms with Crippen molar-refractivity contribution < 1.29 is 4.42 Å². The summed E-state index contributed by atoms with van der Waals surface area (Å²) >= 11 is 1.82. The van der Waals surface area contributed by atoms with E-state index in [2.05, 4.69) is 132 Å². The van der Waals surface area contributed by atoms with Gasteiger partial charge in [-0.2, -0.15) is 0 Å². The SMILES string of the molecule is c1ccc(-c2ccc(N(c3ccc4oc5ccccc5c4c3)c3nccc4sc5cc6ccccc6cc5c34)cc2)cc1. The van der Waals surface area contributed by atoms with Crippen molar-refractivity contribution in [1.82, 2.24) is 4.98 Å². The predicted molar refractivity (Wildman–Crippen MR) is 182 cm³/mol. The molecular formula is C39H24N2OS. The maximum absolute atomic E-state index is 6.19. The fourth-order valence-corrected chi connectivity index (χ4v) is 7.37. The molecule has 3 heterocycles. The summed E-state index contributed by atoms with van der Waals surface area (Å²) in [5.74, 6) is 0.915. The van der Waals surface area contributed by atoms with Crippen molar-refractivity contribution in [3.63, 3.8) is 0 Å². The maximum Gasteiger partial charge on any atom is 0.146 e. The van der Waals surface area contributed by atoms with Crippen LogP contribution in [0.5, 0.6) is 0 Å². The smallest absolute Gasteiger partial charge is 0.146 e. The van der Waals surface area contributed by atoms with Crippen molar-refractivity contribution in [1.29, 1.82) is 0 Å². The van der Waals surface area contributed by atoms with Crippen molar-refractivity contribution in [2.24, 2.45) is 0 Å². The number of hydrogen-bond donors (Lipinski definition) is 0. The second kappa shape index (κ2) is 9.55. The van der Waals surface area contributed by atoms with Crippen LogP contribution in [0, 0.1) is 0 Å². The second-order valence-corrected chi connectivity index (χ2v) is 11.9. The Labute approximate surface area is 251 Å². The predicted octanol–water partition coefficient (Wildman–Crippen LogP) is 11.6. The third-order valence-electron chi connectivity index (χ3n) is 8.29. The van der Waals surface area contributed by atoms with Crippen molar-refractivity contribution in [2.45, 2.75) is 0 Å². The molecule has 0 fully saturated rings. The van der Waals surface area contributed by atoms with Crippen LogP contribution in [-0.2, 0) is 0 Å². The molecule has 0 unspecified atom stereocenters. The first kappa shape index (κ1) is 24.2. The first-order chi connectivity index (χ1) is 21.3. The van der Waals surface area contributed by atoms with Gasteiger partial charge < -0.3 is 4.42 Å². The van der Waals surface area contributed by atoms with E-state index >= 15 is 0 Å². The van der Waals surface area contributed by atoms with Crippen LogP contribution in [0.25, 0.3) is 64.0 Å². The molecule has 0 saturated carbocycles. The lowest BCUT2D eigenvalue weighted by atomic mass is 10.0. The number of rotatable bonds is 4. The highest BCUT2D eigenvalue weighted by Gasteiger charge is 2.21. The van der Waals surface area contributed by atoms with Crippen LogP contribution in [0.3, 0.4) is 0 Å². The van der Waals surface area contributed by atoms with E-state index in [1.165, 1.54) is 36.7 Å². The summed E-state index contributed by atoms with van der Waals surface area (Å²) in [6.07, 6.45) is 1.93. The van der Waals surface area contributed by atoms with Crippen molar-refractivity contribution in [3.8, 4) is 11.1 Å². The summed E-state index contributed by atoms with van der Waals surface area (Å²) in [4.78, 5) is 7.37. The number of pyridine rings is 1. The Balaban J connectivity index is 1.31. The number of fused-ring (bicyclic) bond motifs is 7. The van der Waals surface area contributed by atoms with E-state index in [1.807, 2.05) is 29.7 Å². The molecule has 0 saturated heterocycles. The normalized spacial score (nSPS) is 11.7. The van der Waals surface area contributed by atoms with Crippen LogP contribution < -0.4 is 4.90 Å². The lowest BCUT2D eigenvalue weighted by Gasteiger charge is -2.25. The zero-order valence-corrected chi connectivity index (χ0v) is 23.9. The number of aromatic nitrogens is 1. The molecule has 0 amide bonds. The second-order valence-electron chi connectivity index (χ2n) is 10.8. The van der Waals surface area contributed by atoms with E-state index in [4.69, 9.17) is 9.40 Å². The van der Waals surface area contributed by atoms with E-state index in [9.17, 15) is 0 Å². The van der Waals surface area contributed by atoms with Gasteiger partial charge in [0.25, 0.3) is 0 Å². The quantitative estimate of drug-likeness (QED) is 0.211. The van der Waals surface area contributed by atoms with Crippen molar-refractivity contribution >= 4 is 81.4 Å². The van der Waals surface area contributed by atoms with Crippen LogP contribution >= 0.6 is 11.3 Å². The van der Waals surface area contributed by atoms with E-state index in [0.717, 1.165) is 44.5 Å². The number of benzene rings is 6. The highest BCUT2D eigenvalue weighted by molar-refractivity contribution is 7.26. The lowest BCUT2D eigenvalue weighted by molar-refractivity contribution is 0.669. The van der Waals surface area contributed by atoms with Gasteiger partial charge in [0, 0.05) is 48.5 Å². The zero-order valence-electron chi connectivity index (χ0n) is 23.1. The summed E-state index contributed by atoms with van der Waals surface area (Å²) < 4.78 is 8.67. The zero-order chi connectivity index (χ0) is 28.3. The minimum absolute atomic E-state index is 0.878. The molecule has 6 aromatic carbocycles. The molecule has 0 aliphatic heterocycles. The van der Waals surface area contributed by atoms with Gasteiger partial charge in [-0.05, 0) is 76.5 Å². The summed E-state index contributed by atoms with van der Waals surface area (Å²) in [5.41, 5.74) is 6.23. The largest absolute Gasteiger partial charge is 0.456 e. The maximum atomic E-state index is 6.19. The molecule has 0 aliphatic rings. The van der Waals surface area contributed by atoms with Gasteiger partial charge in [0.2, 0.25) is 0 Å². The molecule has 3 aromatic heterocycles. The van der Waals surface area contributed by atoms with Gasteiger partial charge in [0.15, 0.2) is 0 Å². The average molecular weight is 569 g/mol. The third-order valence-corrected chi connectivity index (χ3v) is 9.41. The molecule has 9 rings (SSSR count). The van der Waals surface area contributed by atoms with Crippen molar-refractivity contribution in [2.75, 3.05) is 4.90 Å². The Morgan fingerprint density at radius 3 is 2.07 bits per heavy atom. The number of furan rings is 1. The monoisotopic (exact) mass is 568 g/mol. The molecule has 9 aromatic rings. The number of para-hydroxylation sites is 1. The highest BCUT2D eigenvalue weighted by atomic mass is 32.1. The van der Waals surface area contributed by atoms with Gasteiger partial charge >= 0.3 is 0 Å². The molecule has 3 nitrogen and oxygen atoms in total. The van der Waals surface area contributed by atoms with Crippen molar-refractivity contribution in [3.05, 3.63) is 146 Å². The van der Waals surface area contributed by atoms with E-state index in [0.29, 0.717) is 0 Å². The fraction of sp³-hybridized carbons (Fsp3) is 0. The van der Waals surface area contributed by atoms with Gasteiger partial charge in [-0.3, -0.25) is 4.90 Å². The molecule has 0 aliphatic carbocycles. The summed E-state index contributed by atoms with van der Waals surface area (Å²) in [6, 6.07) is 49.3. The Morgan fingerprint density at radius 2 is 1.21 bits per heavy atom. The molecular weight excluding hydrogens is 545 g/mol. The van der Waals surface area contributed by atoms with E-state index < -0.39 is 0 Å². The molecule has 43 heavy (non-hydrogen) atoms. The lowest BCUT2D eigenvalue weighted by Crippen LogP contribution is -2.11. The van der Waals surface area contributed by atoms with E-state index in [-0.39, 0.29) is 0 Å². The standard InChI is InChI=1S/C39H24N2OS/c1-2-8-25(9-3-1)26-14-16-29(17-15-26)41(30-18-19-35-32(24-30)31-12-6-7-13-34(31)42-35)39-38-33-22-27-10-4-5-11-28(27)23-37(33)43-36(38)20-21-40-39/h1-24H. The molecule has 0 spiro atoms. The van der Waals surface area contributed by atoms with Crippen LogP contribution in [0.2, 0.25) is 0 Å². The number of thiophene rings is 1. The van der Waals surface area contributed by atoms with Gasteiger partial charge in [-0.15, -0.1) is 11.3 Å². The molecule has 0 radical (unpaired) electrons. The van der Waals surface area contributed by atoms with Crippen LogP contribution in [0.4, 0.5) is 17.2 Å². The number of nitrogens with zero attached hydrogens (tertiary/aromatic N) is 2.